The van der Waals surface area contributed by atoms with E-state index in [1.54, 1.807) is 37.0 Å². The lowest BCUT2D eigenvalue weighted by atomic mass is 10.3. The average molecular weight is 331 g/mol. The molecule has 2 aromatic rings. The molecule has 0 fully saturated rings. The van der Waals surface area contributed by atoms with Crippen molar-refractivity contribution in [2.75, 3.05) is 24.6 Å². The summed E-state index contributed by atoms with van der Waals surface area (Å²) in [6.07, 6.45) is 3.49. The first-order valence-electron chi connectivity index (χ1n) is 7.28. The van der Waals surface area contributed by atoms with Gasteiger partial charge in [-0.05, 0) is 12.1 Å². The van der Waals surface area contributed by atoms with E-state index < -0.39 is 0 Å². The second-order valence-corrected chi connectivity index (χ2v) is 5.53. The van der Waals surface area contributed by atoms with Gasteiger partial charge in [-0.2, -0.15) is 0 Å². The largest absolute Gasteiger partial charge is 0.397 e. The number of hydrogen-bond acceptors (Lipinski definition) is 4. The van der Waals surface area contributed by atoms with Gasteiger partial charge in [0.1, 0.15) is 11.4 Å². The molecule has 0 atom stereocenters. The second kappa shape index (κ2) is 6.90. The molecule has 0 saturated carbocycles. The van der Waals surface area contributed by atoms with Crippen molar-refractivity contribution in [2.45, 2.75) is 6.42 Å². The Bertz CT molecular complexity index is 775. The van der Waals surface area contributed by atoms with Gasteiger partial charge in [-0.25, -0.2) is 0 Å². The number of nitrogens with one attached hydrogen (secondary N) is 3. The number of aromatic amines is 1. The maximum atomic E-state index is 12.2. The number of rotatable bonds is 6. The van der Waals surface area contributed by atoms with E-state index in [9.17, 15) is 9.59 Å². The third-order valence-corrected chi connectivity index (χ3v) is 3.49. The highest BCUT2D eigenvalue weighted by atomic mass is 16.2. The van der Waals surface area contributed by atoms with Gasteiger partial charge in [0.2, 0.25) is 0 Å². The van der Waals surface area contributed by atoms with Gasteiger partial charge in [0.15, 0.2) is 0 Å². The molecule has 0 saturated heterocycles. The van der Waals surface area contributed by atoms with Crippen LogP contribution in [-0.2, 0) is 7.05 Å². The smallest absolute Gasteiger partial charge is 0.272 e. The zero-order valence-corrected chi connectivity index (χ0v) is 13.6. The molecule has 24 heavy (non-hydrogen) atoms. The summed E-state index contributed by atoms with van der Waals surface area (Å²) < 4.78 is 1.62. The number of anilines is 2. The van der Waals surface area contributed by atoms with Gasteiger partial charge in [-0.15, -0.1) is 0 Å². The standard InChI is InChI=1S/C15H21N7O2/c1-21(4-3-13(17)18)15(24)11-6-10(7-19-11)20-14(23)12-5-9(16)8-22(12)2/h5-8,19H,3-4,16H2,1-2H3,(H3,17,18)(H,20,23). The van der Waals surface area contributed by atoms with Crippen LogP contribution in [0.5, 0.6) is 0 Å². The summed E-state index contributed by atoms with van der Waals surface area (Å²) >= 11 is 0. The lowest BCUT2D eigenvalue weighted by Crippen LogP contribution is -2.30. The van der Waals surface area contributed by atoms with E-state index in [-0.39, 0.29) is 17.6 Å². The summed E-state index contributed by atoms with van der Waals surface area (Å²) in [5.74, 6) is -0.548. The lowest BCUT2D eigenvalue weighted by Gasteiger charge is -2.15. The van der Waals surface area contributed by atoms with Crippen molar-refractivity contribution < 1.29 is 9.59 Å². The molecule has 0 spiro atoms. The quantitative estimate of drug-likeness (QED) is 0.389. The van der Waals surface area contributed by atoms with Crippen LogP contribution < -0.4 is 16.8 Å². The molecular weight excluding hydrogens is 310 g/mol. The average Bonchev–Trinajstić information content (AvgIpc) is 3.10. The Morgan fingerprint density at radius 1 is 1.42 bits per heavy atom. The molecule has 0 aliphatic rings. The van der Waals surface area contributed by atoms with Gasteiger partial charge >= 0.3 is 0 Å². The van der Waals surface area contributed by atoms with E-state index in [1.165, 1.54) is 11.1 Å². The van der Waals surface area contributed by atoms with E-state index in [0.717, 1.165) is 0 Å². The molecule has 2 amide bonds. The minimum absolute atomic E-state index is 0.0240. The number of carbonyl (C=O) groups excluding carboxylic acids is 2. The minimum Gasteiger partial charge on any atom is -0.397 e. The van der Waals surface area contributed by atoms with E-state index >= 15 is 0 Å². The van der Waals surface area contributed by atoms with Crippen LogP contribution >= 0.6 is 0 Å². The fourth-order valence-electron chi connectivity index (χ4n) is 2.20. The Hall–Kier alpha value is -3.23. The lowest BCUT2D eigenvalue weighted by molar-refractivity contribution is 0.0793. The van der Waals surface area contributed by atoms with Crippen LogP contribution in [-0.4, -0.2) is 45.7 Å². The normalized spacial score (nSPS) is 10.4. The van der Waals surface area contributed by atoms with Crippen molar-refractivity contribution in [2.24, 2.45) is 12.8 Å². The third kappa shape index (κ3) is 3.94. The zero-order valence-electron chi connectivity index (χ0n) is 13.6. The first-order valence-corrected chi connectivity index (χ1v) is 7.28. The molecule has 0 unspecified atom stereocenters. The van der Waals surface area contributed by atoms with Crippen molar-refractivity contribution in [3.05, 3.63) is 35.9 Å². The summed E-state index contributed by atoms with van der Waals surface area (Å²) in [6.45, 7) is 0.345. The van der Waals surface area contributed by atoms with Gasteiger partial charge in [0.05, 0.1) is 17.2 Å². The summed E-state index contributed by atoms with van der Waals surface area (Å²) in [5.41, 5.74) is 12.7. The molecule has 0 aliphatic heterocycles. The van der Waals surface area contributed by atoms with E-state index in [0.29, 0.717) is 35.7 Å². The number of nitrogens with two attached hydrogens (primary N) is 2. The van der Waals surface area contributed by atoms with Crippen LogP contribution in [0.2, 0.25) is 0 Å². The van der Waals surface area contributed by atoms with E-state index in [4.69, 9.17) is 16.9 Å². The molecule has 9 nitrogen and oxygen atoms in total. The van der Waals surface area contributed by atoms with Crippen molar-refractivity contribution in [3.63, 3.8) is 0 Å². The van der Waals surface area contributed by atoms with Crippen LogP contribution in [0.4, 0.5) is 11.4 Å². The van der Waals surface area contributed by atoms with Crippen LogP contribution in [0, 0.1) is 5.41 Å². The minimum atomic E-state index is -0.322. The third-order valence-electron chi connectivity index (χ3n) is 3.49. The number of hydrogen-bond donors (Lipinski definition) is 5. The van der Waals surface area contributed by atoms with Gasteiger partial charge in [0, 0.05) is 39.5 Å². The predicted octanol–water partition coefficient (Wildman–Crippen LogP) is 0.586. The fourth-order valence-corrected chi connectivity index (χ4v) is 2.20. The number of aromatic nitrogens is 2. The monoisotopic (exact) mass is 331 g/mol. The molecule has 0 radical (unpaired) electrons. The van der Waals surface area contributed by atoms with Crippen LogP contribution in [0.25, 0.3) is 0 Å². The number of amides is 2. The highest BCUT2D eigenvalue weighted by Gasteiger charge is 2.16. The SMILES string of the molecule is CN(CCC(=N)N)C(=O)c1cc(NC(=O)c2cc(N)cn2C)c[nH]1. The van der Waals surface area contributed by atoms with Crippen LogP contribution in [0.1, 0.15) is 27.4 Å². The molecule has 2 heterocycles. The number of nitrogens with zero attached hydrogens (tertiary/aromatic N) is 2. The Morgan fingerprint density at radius 2 is 2.12 bits per heavy atom. The Balaban J connectivity index is 2.02. The van der Waals surface area contributed by atoms with E-state index in [1.807, 2.05) is 0 Å². The topological polar surface area (TPSA) is 146 Å². The van der Waals surface area contributed by atoms with Crippen molar-refractivity contribution in [1.82, 2.24) is 14.5 Å². The van der Waals surface area contributed by atoms with E-state index in [2.05, 4.69) is 10.3 Å². The summed E-state index contributed by atoms with van der Waals surface area (Å²) in [4.78, 5) is 28.7. The van der Waals surface area contributed by atoms with Gasteiger partial charge < -0.3 is 31.2 Å². The maximum Gasteiger partial charge on any atom is 0.272 e. The summed E-state index contributed by atoms with van der Waals surface area (Å²) in [5, 5.41) is 9.89. The second-order valence-electron chi connectivity index (χ2n) is 5.53. The first kappa shape index (κ1) is 17.1. The van der Waals surface area contributed by atoms with Crippen molar-refractivity contribution >= 4 is 29.0 Å². The molecule has 9 heteroatoms. The molecule has 0 bridgehead atoms. The molecule has 2 rings (SSSR count). The number of H-pyrrole nitrogens is 1. The maximum absolute atomic E-state index is 12.2. The molecule has 0 aliphatic carbocycles. The molecular formula is C15H21N7O2. The van der Waals surface area contributed by atoms with Gasteiger partial charge in [-0.3, -0.25) is 15.0 Å². The predicted molar refractivity (Wildman–Crippen MR) is 92.1 cm³/mol. The molecule has 128 valence electrons. The number of nitrogen functional groups attached to an aromatic ring is 1. The molecule has 2 aromatic heterocycles. The highest BCUT2D eigenvalue weighted by molar-refractivity contribution is 6.04. The number of carbonyl (C=O) groups is 2. The highest BCUT2D eigenvalue weighted by Crippen LogP contribution is 2.15. The van der Waals surface area contributed by atoms with Gasteiger partial charge in [0.25, 0.3) is 11.8 Å². The van der Waals surface area contributed by atoms with Gasteiger partial charge in [-0.1, -0.05) is 0 Å². The van der Waals surface area contributed by atoms with Crippen molar-refractivity contribution in [3.8, 4) is 0 Å². The Labute approximate surface area is 139 Å². The van der Waals surface area contributed by atoms with Crippen LogP contribution in [0.15, 0.2) is 24.5 Å². The fraction of sp³-hybridized carbons (Fsp3) is 0.267. The van der Waals surface area contributed by atoms with Crippen LogP contribution in [0.3, 0.4) is 0 Å². The summed E-state index contributed by atoms with van der Waals surface area (Å²) in [7, 11) is 3.35. The summed E-state index contributed by atoms with van der Waals surface area (Å²) in [6, 6.07) is 3.13. The molecule has 0 aromatic carbocycles. The first-order chi connectivity index (χ1) is 11.3. The zero-order chi connectivity index (χ0) is 17.9. The number of aryl methyl sites for hydroxylation is 1. The van der Waals surface area contributed by atoms with Crippen molar-refractivity contribution in [1.29, 1.82) is 5.41 Å². The number of amidine groups is 1. The Morgan fingerprint density at radius 3 is 2.71 bits per heavy atom. The molecule has 7 N–H and O–H groups in total. The Kier molecular flexibility index (Phi) is 4.93.